The molecule has 0 saturated heterocycles. The van der Waals surface area contributed by atoms with Crippen molar-refractivity contribution in [3.8, 4) is 0 Å². The van der Waals surface area contributed by atoms with Gasteiger partial charge in [-0.2, -0.15) is 0 Å². The lowest BCUT2D eigenvalue weighted by molar-refractivity contribution is -0.122. The number of halogens is 1. The molecule has 0 unspecified atom stereocenters. The fourth-order valence-corrected chi connectivity index (χ4v) is 2.50. The monoisotopic (exact) mass is 473 g/mol. The number of carbonyl (C=O) groups excluding carboxylic acids is 1. The van der Waals surface area contributed by atoms with Crippen molar-refractivity contribution >= 4 is 35.8 Å². The second-order valence-electron chi connectivity index (χ2n) is 6.48. The lowest BCUT2D eigenvalue weighted by Gasteiger charge is -2.16. The summed E-state index contributed by atoms with van der Waals surface area (Å²) in [5, 5.41) is 9.45. The van der Waals surface area contributed by atoms with Gasteiger partial charge in [0.1, 0.15) is 0 Å². The van der Waals surface area contributed by atoms with E-state index >= 15 is 0 Å². The lowest BCUT2D eigenvalue weighted by Crippen LogP contribution is -2.42. The van der Waals surface area contributed by atoms with Gasteiger partial charge in [-0.15, -0.1) is 24.0 Å². The maximum atomic E-state index is 11.6. The molecule has 146 valence electrons. The molecule has 1 aliphatic carbocycles. The van der Waals surface area contributed by atoms with Crippen molar-refractivity contribution in [2.24, 2.45) is 10.9 Å². The summed E-state index contributed by atoms with van der Waals surface area (Å²) in [5.74, 6) is 1.25. The van der Waals surface area contributed by atoms with Crippen LogP contribution in [0.5, 0.6) is 0 Å². The van der Waals surface area contributed by atoms with Crippen LogP contribution in [0.1, 0.15) is 25.3 Å². The first-order valence-corrected chi connectivity index (χ1v) is 9.21. The van der Waals surface area contributed by atoms with Gasteiger partial charge in [0.15, 0.2) is 5.96 Å². The average molecular weight is 473 g/mol. The van der Waals surface area contributed by atoms with Crippen LogP contribution in [-0.4, -0.2) is 56.5 Å². The number of benzene rings is 1. The predicted molar refractivity (Wildman–Crippen MR) is 118 cm³/mol. The molecule has 0 radical (unpaired) electrons. The largest absolute Gasteiger partial charge is 0.357 e. The standard InChI is InChI=1S/C19H31N5O.HI/c1-3-20-19(22-12-11-21-18(25)17-9-10-17)23-13-14-24(2)15-16-7-5-4-6-8-16;/h4-8,17H,3,9-15H2,1-2H3,(H,21,25)(H2,20,22,23);1H. The molecule has 3 N–H and O–H groups in total. The van der Waals surface area contributed by atoms with Crippen LogP contribution in [-0.2, 0) is 11.3 Å². The van der Waals surface area contributed by atoms with Gasteiger partial charge in [-0.25, -0.2) is 0 Å². The van der Waals surface area contributed by atoms with Crippen molar-refractivity contribution in [2.45, 2.75) is 26.3 Å². The van der Waals surface area contributed by atoms with Gasteiger partial charge >= 0.3 is 0 Å². The minimum absolute atomic E-state index is 0. The van der Waals surface area contributed by atoms with Gasteiger partial charge in [-0.1, -0.05) is 30.3 Å². The fraction of sp³-hybridized carbons (Fsp3) is 0.579. The van der Waals surface area contributed by atoms with Gasteiger partial charge in [-0.05, 0) is 32.4 Å². The first-order chi connectivity index (χ1) is 12.2. The summed E-state index contributed by atoms with van der Waals surface area (Å²) in [6, 6.07) is 10.4. The minimum atomic E-state index is 0. The molecule has 1 saturated carbocycles. The molecule has 1 aliphatic rings. The summed E-state index contributed by atoms with van der Waals surface area (Å²) < 4.78 is 0. The van der Waals surface area contributed by atoms with Gasteiger partial charge in [0.2, 0.25) is 5.91 Å². The van der Waals surface area contributed by atoms with E-state index in [2.05, 4.69) is 57.2 Å². The summed E-state index contributed by atoms with van der Waals surface area (Å²) in [7, 11) is 2.11. The van der Waals surface area contributed by atoms with E-state index in [0.717, 1.165) is 45.0 Å². The Morgan fingerprint density at radius 1 is 1.15 bits per heavy atom. The molecule has 0 bridgehead atoms. The molecular weight excluding hydrogens is 441 g/mol. The normalized spacial score (nSPS) is 13.9. The second kappa shape index (κ2) is 12.9. The third-order valence-corrected chi connectivity index (χ3v) is 4.06. The van der Waals surface area contributed by atoms with E-state index in [1.165, 1.54) is 5.56 Å². The summed E-state index contributed by atoms with van der Waals surface area (Å²) in [6.45, 7) is 6.73. The SMILES string of the molecule is CCNC(=NCCN(C)Cc1ccccc1)NCCNC(=O)C1CC1.I. The number of hydrogen-bond donors (Lipinski definition) is 3. The van der Waals surface area contributed by atoms with E-state index < -0.39 is 0 Å². The molecule has 0 aromatic heterocycles. The highest BCUT2D eigenvalue weighted by Gasteiger charge is 2.28. The number of hydrogen-bond acceptors (Lipinski definition) is 3. The van der Waals surface area contributed by atoms with Gasteiger partial charge in [0, 0.05) is 38.6 Å². The maximum Gasteiger partial charge on any atom is 0.223 e. The van der Waals surface area contributed by atoms with Crippen LogP contribution < -0.4 is 16.0 Å². The molecule has 26 heavy (non-hydrogen) atoms. The highest BCUT2D eigenvalue weighted by atomic mass is 127. The molecule has 6 nitrogen and oxygen atoms in total. The Morgan fingerprint density at radius 3 is 2.50 bits per heavy atom. The molecule has 0 atom stereocenters. The minimum Gasteiger partial charge on any atom is -0.357 e. The summed E-state index contributed by atoms with van der Waals surface area (Å²) in [5.41, 5.74) is 1.31. The van der Waals surface area contributed by atoms with E-state index in [1.807, 2.05) is 13.0 Å². The van der Waals surface area contributed by atoms with E-state index in [9.17, 15) is 4.79 Å². The Hall–Kier alpha value is -1.35. The number of aliphatic imine (C=N–C) groups is 1. The van der Waals surface area contributed by atoms with E-state index in [4.69, 9.17) is 0 Å². The molecule has 2 rings (SSSR count). The number of amides is 1. The van der Waals surface area contributed by atoms with E-state index in [0.29, 0.717) is 13.1 Å². The second-order valence-corrected chi connectivity index (χ2v) is 6.48. The van der Waals surface area contributed by atoms with Gasteiger partial charge in [0.05, 0.1) is 6.54 Å². The number of nitrogens with one attached hydrogen (secondary N) is 3. The highest BCUT2D eigenvalue weighted by molar-refractivity contribution is 14.0. The van der Waals surface area contributed by atoms with Crippen LogP contribution >= 0.6 is 24.0 Å². The quantitative estimate of drug-likeness (QED) is 0.210. The molecule has 7 heteroatoms. The molecule has 0 heterocycles. The van der Waals surface area contributed by atoms with Crippen molar-refractivity contribution in [3.05, 3.63) is 35.9 Å². The third kappa shape index (κ3) is 9.38. The van der Waals surface area contributed by atoms with Gasteiger partial charge < -0.3 is 20.9 Å². The molecule has 0 spiro atoms. The third-order valence-electron chi connectivity index (χ3n) is 4.06. The molecular formula is C19H32IN5O. The Bertz CT molecular complexity index is 548. The van der Waals surface area contributed by atoms with E-state index in [-0.39, 0.29) is 35.8 Å². The van der Waals surface area contributed by atoms with Crippen LogP contribution in [0.4, 0.5) is 0 Å². The highest BCUT2D eigenvalue weighted by Crippen LogP contribution is 2.28. The number of likely N-dealkylation sites (N-methyl/N-ethyl adjacent to an activating group) is 1. The summed E-state index contributed by atoms with van der Waals surface area (Å²) in [4.78, 5) is 18.4. The van der Waals surface area contributed by atoms with Crippen molar-refractivity contribution in [3.63, 3.8) is 0 Å². The zero-order valence-corrected chi connectivity index (χ0v) is 18.2. The fourth-order valence-electron chi connectivity index (χ4n) is 2.50. The van der Waals surface area contributed by atoms with Crippen LogP contribution in [0.15, 0.2) is 35.3 Å². The zero-order valence-electron chi connectivity index (χ0n) is 15.8. The smallest absolute Gasteiger partial charge is 0.223 e. The van der Waals surface area contributed by atoms with E-state index in [1.54, 1.807) is 0 Å². The lowest BCUT2D eigenvalue weighted by atomic mass is 10.2. The van der Waals surface area contributed by atoms with Crippen molar-refractivity contribution < 1.29 is 4.79 Å². The Morgan fingerprint density at radius 2 is 1.85 bits per heavy atom. The predicted octanol–water partition coefficient (Wildman–Crippen LogP) is 1.82. The first kappa shape index (κ1) is 22.7. The van der Waals surface area contributed by atoms with Crippen LogP contribution in [0.25, 0.3) is 0 Å². The Labute approximate surface area is 174 Å². The Balaban J connectivity index is 0.00000338. The molecule has 1 fully saturated rings. The van der Waals surface area contributed by atoms with Crippen LogP contribution in [0, 0.1) is 5.92 Å². The number of carbonyl (C=O) groups is 1. The topological polar surface area (TPSA) is 68.8 Å². The summed E-state index contributed by atoms with van der Waals surface area (Å²) >= 11 is 0. The van der Waals surface area contributed by atoms with Crippen molar-refractivity contribution in [1.82, 2.24) is 20.9 Å². The average Bonchev–Trinajstić information content (AvgIpc) is 3.44. The van der Waals surface area contributed by atoms with Crippen molar-refractivity contribution in [2.75, 3.05) is 39.8 Å². The van der Waals surface area contributed by atoms with Gasteiger partial charge in [0.25, 0.3) is 0 Å². The van der Waals surface area contributed by atoms with Gasteiger partial charge in [-0.3, -0.25) is 9.79 Å². The summed E-state index contributed by atoms with van der Waals surface area (Å²) in [6.07, 6.45) is 2.08. The molecule has 0 aliphatic heterocycles. The van der Waals surface area contributed by atoms with Crippen LogP contribution in [0.2, 0.25) is 0 Å². The van der Waals surface area contributed by atoms with Crippen molar-refractivity contribution in [1.29, 1.82) is 0 Å². The van der Waals surface area contributed by atoms with Crippen LogP contribution in [0.3, 0.4) is 0 Å². The number of nitrogens with zero attached hydrogens (tertiary/aromatic N) is 2. The molecule has 1 aromatic rings. The maximum absolute atomic E-state index is 11.6. The molecule has 1 aromatic carbocycles. The molecule has 1 amide bonds. The number of guanidine groups is 1. The Kier molecular flexibility index (Phi) is 11.3. The number of rotatable bonds is 10. The zero-order chi connectivity index (χ0) is 17.9. The first-order valence-electron chi connectivity index (χ1n) is 9.21.